The third-order valence-electron chi connectivity index (χ3n) is 2.41. The number of nitrogens with zero attached hydrogens (tertiary/aromatic N) is 1. The van der Waals surface area contributed by atoms with Gasteiger partial charge in [-0.3, -0.25) is 5.41 Å². The van der Waals surface area contributed by atoms with Crippen molar-refractivity contribution in [3.8, 4) is 0 Å². The van der Waals surface area contributed by atoms with Gasteiger partial charge in [-0.15, -0.1) is 0 Å². The van der Waals surface area contributed by atoms with Crippen LogP contribution in [0.3, 0.4) is 0 Å². The van der Waals surface area contributed by atoms with Crippen LogP contribution in [0.5, 0.6) is 0 Å². The Morgan fingerprint density at radius 2 is 2.00 bits per heavy atom. The molecule has 0 saturated heterocycles. The van der Waals surface area contributed by atoms with E-state index in [0.717, 1.165) is 17.6 Å². The van der Waals surface area contributed by atoms with E-state index in [1.807, 2.05) is 12.1 Å². The van der Waals surface area contributed by atoms with Crippen molar-refractivity contribution in [1.29, 1.82) is 5.41 Å². The zero-order valence-electron chi connectivity index (χ0n) is 9.26. The summed E-state index contributed by atoms with van der Waals surface area (Å²) in [6.45, 7) is 5.98. The molecule has 0 heterocycles. The highest BCUT2D eigenvalue weighted by molar-refractivity contribution is 9.10. The monoisotopic (exact) mass is 268 g/mol. The van der Waals surface area contributed by atoms with E-state index < -0.39 is 0 Å². The molecule has 0 unspecified atom stereocenters. The number of amidine groups is 1. The standard InChI is InChI=1S/C12H17BrN2/c1-3-15(4-2)12(14)9-10-6-5-7-11(13)8-10/h5-8,14H,3-4,9H2,1-2H3. The van der Waals surface area contributed by atoms with Crippen molar-refractivity contribution in [3.05, 3.63) is 34.3 Å². The fraction of sp³-hybridized carbons (Fsp3) is 0.417. The molecule has 2 nitrogen and oxygen atoms in total. The van der Waals surface area contributed by atoms with Crippen molar-refractivity contribution >= 4 is 21.8 Å². The topological polar surface area (TPSA) is 27.1 Å². The molecule has 1 rings (SSSR count). The van der Waals surface area contributed by atoms with Crippen LogP contribution in [0.4, 0.5) is 0 Å². The number of rotatable bonds is 4. The summed E-state index contributed by atoms with van der Waals surface area (Å²) in [5.74, 6) is 0.693. The van der Waals surface area contributed by atoms with Gasteiger partial charge >= 0.3 is 0 Å². The first-order chi connectivity index (χ1) is 7.17. The van der Waals surface area contributed by atoms with E-state index in [1.54, 1.807) is 0 Å². The lowest BCUT2D eigenvalue weighted by Gasteiger charge is -2.21. The summed E-state index contributed by atoms with van der Waals surface area (Å²) in [5, 5.41) is 7.96. The van der Waals surface area contributed by atoms with Crippen molar-refractivity contribution in [2.24, 2.45) is 0 Å². The van der Waals surface area contributed by atoms with E-state index in [4.69, 9.17) is 5.41 Å². The van der Waals surface area contributed by atoms with E-state index in [0.29, 0.717) is 12.3 Å². The summed E-state index contributed by atoms with van der Waals surface area (Å²) in [6, 6.07) is 8.14. The molecule has 1 aromatic carbocycles. The molecule has 82 valence electrons. The van der Waals surface area contributed by atoms with Gasteiger partial charge in [-0.2, -0.15) is 0 Å². The van der Waals surface area contributed by atoms with Crippen molar-refractivity contribution in [1.82, 2.24) is 4.90 Å². The highest BCUT2D eigenvalue weighted by Crippen LogP contribution is 2.12. The van der Waals surface area contributed by atoms with Gasteiger partial charge in [0, 0.05) is 24.0 Å². The van der Waals surface area contributed by atoms with E-state index >= 15 is 0 Å². The van der Waals surface area contributed by atoms with Gasteiger partial charge in [-0.05, 0) is 31.5 Å². The van der Waals surface area contributed by atoms with Gasteiger partial charge in [0.15, 0.2) is 0 Å². The van der Waals surface area contributed by atoms with Crippen LogP contribution in [-0.4, -0.2) is 23.8 Å². The molecule has 0 spiro atoms. The van der Waals surface area contributed by atoms with Gasteiger partial charge in [-0.1, -0.05) is 28.1 Å². The molecule has 1 aromatic rings. The highest BCUT2D eigenvalue weighted by atomic mass is 79.9. The first-order valence-corrected chi connectivity index (χ1v) is 6.03. The van der Waals surface area contributed by atoms with Gasteiger partial charge in [-0.25, -0.2) is 0 Å². The van der Waals surface area contributed by atoms with E-state index in [2.05, 4.69) is 46.8 Å². The smallest absolute Gasteiger partial charge is 0.100 e. The molecule has 0 bridgehead atoms. The largest absolute Gasteiger partial charge is 0.361 e. The predicted octanol–water partition coefficient (Wildman–Crippen LogP) is 3.31. The molecular formula is C12H17BrN2. The van der Waals surface area contributed by atoms with Gasteiger partial charge < -0.3 is 4.90 Å². The number of hydrogen-bond donors (Lipinski definition) is 1. The quantitative estimate of drug-likeness (QED) is 0.659. The predicted molar refractivity (Wildman–Crippen MR) is 68.5 cm³/mol. The second-order valence-corrected chi connectivity index (χ2v) is 4.34. The van der Waals surface area contributed by atoms with Crippen molar-refractivity contribution in [2.75, 3.05) is 13.1 Å². The summed E-state index contributed by atoms with van der Waals surface area (Å²) in [7, 11) is 0. The van der Waals surface area contributed by atoms with Crippen molar-refractivity contribution in [3.63, 3.8) is 0 Å². The minimum absolute atomic E-state index is 0.693. The zero-order chi connectivity index (χ0) is 11.3. The first kappa shape index (κ1) is 12.2. The van der Waals surface area contributed by atoms with E-state index in [-0.39, 0.29) is 0 Å². The Hall–Kier alpha value is -0.830. The number of nitrogens with one attached hydrogen (secondary N) is 1. The molecule has 0 aliphatic carbocycles. The van der Waals surface area contributed by atoms with Crippen LogP contribution >= 0.6 is 15.9 Å². The molecule has 0 saturated carbocycles. The lowest BCUT2D eigenvalue weighted by Crippen LogP contribution is -2.31. The maximum Gasteiger partial charge on any atom is 0.100 e. The van der Waals surface area contributed by atoms with Crippen LogP contribution in [0.15, 0.2) is 28.7 Å². The Morgan fingerprint density at radius 1 is 1.33 bits per heavy atom. The van der Waals surface area contributed by atoms with Crippen LogP contribution in [0, 0.1) is 5.41 Å². The minimum atomic E-state index is 0.693. The van der Waals surface area contributed by atoms with Gasteiger partial charge in [0.25, 0.3) is 0 Å². The molecule has 3 heteroatoms. The van der Waals surface area contributed by atoms with Gasteiger partial charge in [0.05, 0.1) is 0 Å². The summed E-state index contributed by atoms with van der Waals surface area (Å²) < 4.78 is 1.08. The Balaban J connectivity index is 2.65. The number of halogens is 1. The first-order valence-electron chi connectivity index (χ1n) is 5.24. The number of benzene rings is 1. The fourth-order valence-corrected chi connectivity index (χ4v) is 2.00. The highest BCUT2D eigenvalue weighted by Gasteiger charge is 2.06. The average Bonchev–Trinajstić information content (AvgIpc) is 2.19. The third kappa shape index (κ3) is 3.67. The normalized spacial score (nSPS) is 10.1. The molecule has 0 radical (unpaired) electrons. The number of likely N-dealkylation sites (N-methyl/N-ethyl adjacent to an activating group) is 1. The van der Waals surface area contributed by atoms with E-state index in [9.17, 15) is 0 Å². The van der Waals surface area contributed by atoms with Gasteiger partial charge in [0.1, 0.15) is 5.84 Å². The van der Waals surface area contributed by atoms with Crippen LogP contribution in [0.25, 0.3) is 0 Å². The summed E-state index contributed by atoms with van der Waals surface area (Å²) in [5.41, 5.74) is 1.18. The second-order valence-electron chi connectivity index (χ2n) is 3.43. The summed E-state index contributed by atoms with van der Waals surface area (Å²) in [4.78, 5) is 2.07. The van der Waals surface area contributed by atoms with Gasteiger partial charge in [0.2, 0.25) is 0 Å². The molecule has 0 aliphatic heterocycles. The minimum Gasteiger partial charge on any atom is -0.361 e. The SMILES string of the molecule is CCN(CC)C(=N)Cc1cccc(Br)c1. The van der Waals surface area contributed by atoms with Crippen molar-refractivity contribution in [2.45, 2.75) is 20.3 Å². The second kappa shape index (κ2) is 5.91. The van der Waals surface area contributed by atoms with Crippen LogP contribution < -0.4 is 0 Å². The average molecular weight is 269 g/mol. The van der Waals surface area contributed by atoms with Crippen LogP contribution in [0.2, 0.25) is 0 Å². The van der Waals surface area contributed by atoms with E-state index in [1.165, 1.54) is 5.56 Å². The molecule has 0 amide bonds. The maximum atomic E-state index is 7.96. The molecule has 0 fully saturated rings. The summed E-state index contributed by atoms with van der Waals surface area (Å²) >= 11 is 3.44. The molecule has 1 N–H and O–H groups in total. The lowest BCUT2D eigenvalue weighted by molar-refractivity contribution is 0.455. The fourth-order valence-electron chi connectivity index (χ4n) is 1.56. The summed E-state index contributed by atoms with van der Waals surface area (Å²) in [6.07, 6.45) is 0.709. The maximum absolute atomic E-state index is 7.96. The van der Waals surface area contributed by atoms with Crippen molar-refractivity contribution < 1.29 is 0 Å². The Bertz CT molecular complexity index is 332. The Morgan fingerprint density at radius 3 is 2.53 bits per heavy atom. The molecular weight excluding hydrogens is 252 g/mol. The van der Waals surface area contributed by atoms with Crippen LogP contribution in [0.1, 0.15) is 19.4 Å². The molecule has 15 heavy (non-hydrogen) atoms. The molecule has 0 atom stereocenters. The third-order valence-corrected chi connectivity index (χ3v) is 2.90. The Kier molecular flexibility index (Phi) is 4.82. The Labute approximate surface area is 99.9 Å². The molecule has 0 aromatic heterocycles. The number of hydrogen-bond acceptors (Lipinski definition) is 1. The zero-order valence-corrected chi connectivity index (χ0v) is 10.8. The molecule has 0 aliphatic rings. The lowest BCUT2D eigenvalue weighted by atomic mass is 10.1. The van der Waals surface area contributed by atoms with Crippen LogP contribution in [-0.2, 0) is 6.42 Å².